The van der Waals surface area contributed by atoms with E-state index >= 15 is 0 Å². The summed E-state index contributed by atoms with van der Waals surface area (Å²) >= 11 is 0. The second-order valence-electron chi connectivity index (χ2n) is 7.51. The van der Waals surface area contributed by atoms with Crippen LogP contribution in [0.25, 0.3) is 0 Å². The number of nitrogens with one attached hydrogen (secondary N) is 1. The normalized spacial score (nSPS) is 35.1. The van der Waals surface area contributed by atoms with Crippen LogP contribution in [0.2, 0.25) is 0 Å². The number of nitrogens with zero attached hydrogens (tertiary/aromatic N) is 1. The van der Waals surface area contributed by atoms with Gasteiger partial charge in [0.05, 0.1) is 6.10 Å². The van der Waals surface area contributed by atoms with Crippen LogP contribution in [0.1, 0.15) is 53.4 Å². The quantitative estimate of drug-likeness (QED) is 0.839. The van der Waals surface area contributed by atoms with Crippen molar-refractivity contribution in [1.82, 2.24) is 10.2 Å². The summed E-state index contributed by atoms with van der Waals surface area (Å²) in [6.45, 7) is 15.0. The van der Waals surface area contributed by atoms with Crippen LogP contribution in [-0.2, 0) is 4.74 Å². The zero-order valence-electron chi connectivity index (χ0n) is 14.0. The molecule has 3 atom stereocenters. The van der Waals surface area contributed by atoms with Gasteiger partial charge in [-0.15, -0.1) is 0 Å². The van der Waals surface area contributed by atoms with Crippen LogP contribution < -0.4 is 5.32 Å². The minimum absolute atomic E-state index is 0.397. The van der Waals surface area contributed by atoms with Crippen molar-refractivity contribution in [2.45, 2.75) is 65.5 Å². The number of rotatable bonds is 5. The lowest BCUT2D eigenvalue weighted by Crippen LogP contribution is -2.46. The Hall–Kier alpha value is -0.120. The highest BCUT2D eigenvalue weighted by atomic mass is 16.5. The van der Waals surface area contributed by atoms with E-state index in [4.69, 9.17) is 4.74 Å². The smallest absolute Gasteiger partial charge is 0.0673 e. The van der Waals surface area contributed by atoms with Gasteiger partial charge in [-0.3, -0.25) is 0 Å². The van der Waals surface area contributed by atoms with Crippen molar-refractivity contribution in [2.24, 2.45) is 11.3 Å². The van der Waals surface area contributed by atoms with Crippen LogP contribution in [0.5, 0.6) is 0 Å². The van der Waals surface area contributed by atoms with Gasteiger partial charge in [0, 0.05) is 32.3 Å². The molecule has 1 N–H and O–H groups in total. The van der Waals surface area contributed by atoms with Gasteiger partial charge in [0.2, 0.25) is 0 Å². The van der Waals surface area contributed by atoms with E-state index < -0.39 is 0 Å². The van der Waals surface area contributed by atoms with E-state index in [0.29, 0.717) is 17.6 Å². The lowest BCUT2D eigenvalue weighted by Gasteiger charge is -2.34. The molecule has 20 heavy (non-hydrogen) atoms. The molecular formula is C17H34N2O. The molecule has 1 aliphatic heterocycles. The van der Waals surface area contributed by atoms with Crippen molar-refractivity contribution in [2.75, 3.05) is 32.8 Å². The molecule has 0 spiro atoms. The third-order valence-electron chi connectivity index (χ3n) is 5.12. The van der Waals surface area contributed by atoms with Crippen molar-refractivity contribution in [1.29, 1.82) is 0 Å². The van der Waals surface area contributed by atoms with Gasteiger partial charge in [0.1, 0.15) is 0 Å². The zero-order valence-corrected chi connectivity index (χ0v) is 14.0. The van der Waals surface area contributed by atoms with Gasteiger partial charge in [0.25, 0.3) is 0 Å². The second kappa shape index (κ2) is 7.24. The maximum Gasteiger partial charge on any atom is 0.0673 e. The predicted octanol–water partition coefficient (Wildman–Crippen LogP) is 2.90. The molecule has 2 rings (SSSR count). The Morgan fingerprint density at radius 1 is 1.35 bits per heavy atom. The van der Waals surface area contributed by atoms with E-state index in [0.717, 1.165) is 25.6 Å². The minimum Gasteiger partial charge on any atom is -0.377 e. The van der Waals surface area contributed by atoms with Crippen LogP contribution in [0.3, 0.4) is 0 Å². The van der Waals surface area contributed by atoms with Crippen molar-refractivity contribution in [3.63, 3.8) is 0 Å². The molecule has 0 radical (unpaired) electrons. The highest BCUT2D eigenvalue weighted by Crippen LogP contribution is 2.41. The van der Waals surface area contributed by atoms with Crippen LogP contribution in [0, 0.1) is 11.3 Å². The number of hydrogen-bond acceptors (Lipinski definition) is 3. The SMILES string of the molecule is CCCNC1C(CN2CCCOC(C)C2)CCC1(C)C. The Morgan fingerprint density at radius 2 is 2.15 bits per heavy atom. The van der Waals surface area contributed by atoms with E-state index in [9.17, 15) is 0 Å². The highest BCUT2D eigenvalue weighted by molar-refractivity contribution is 4.97. The molecule has 1 saturated heterocycles. The van der Waals surface area contributed by atoms with Crippen molar-refractivity contribution >= 4 is 0 Å². The Kier molecular flexibility index (Phi) is 5.88. The lowest BCUT2D eigenvalue weighted by molar-refractivity contribution is 0.0642. The Morgan fingerprint density at radius 3 is 2.90 bits per heavy atom. The molecule has 0 amide bonds. The Balaban J connectivity index is 1.92. The third kappa shape index (κ3) is 4.19. The summed E-state index contributed by atoms with van der Waals surface area (Å²) in [7, 11) is 0. The fourth-order valence-corrected chi connectivity index (χ4v) is 4.03. The average Bonchev–Trinajstić information content (AvgIpc) is 2.55. The predicted molar refractivity (Wildman–Crippen MR) is 85.1 cm³/mol. The van der Waals surface area contributed by atoms with E-state index in [-0.39, 0.29) is 0 Å². The maximum absolute atomic E-state index is 5.77. The summed E-state index contributed by atoms with van der Waals surface area (Å²) in [6, 6.07) is 0.682. The molecular weight excluding hydrogens is 248 g/mol. The molecule has 1 heterocycles. The van der Waals surface area contributed by atoms with E-state index in [1.54, 1.807) is 0 Å². The van der Waals surface area contributed by atoms with Crippen molar-refractivity contribution in [3.05, 3.63) is 0 Å². The van der Waals surface area contributed by atoms with E-state index in [1.165, 1.54) is 38.8 Å². The second-order valence-corrected chi connectivity index (χ2v) is 7.51. The third-order valence-corrected chi connectivity index (χ3v) is 5.12. The van der Waals surface area contributed by atoms with E-state index in [2.05, 4.69) is 37.9 Å². The van der Waals surface area contributed by atoms with Crippen molar-refractivity contribution in [3.8, 4) is 0 Å². The summed E-state index contributed by atoms with van der Waals surface area (Å²) in [5, 5.41) is 3.83. The van der Waals surface area contributed by atoms with Crippen LogP contribution in [0.15, 0.2) is 0 Å². The molecule has 0 bridgehead atoms. The van der Waals surface area contributed by atoms with Crippen LogP contribution in [-0.4, -0.2) is 49.8 Å². The van der Waals surface area contributed by atoms with Gasteiger partial charge < -0.3 is 15.0 Å². The lowest BCUT2D eigenvalue weighted by atomic mass is 9.84. The summed E-state index contributed by atoms with van der Waals surface area (Å²) in [5.41, 5.74) is 0.452. The molecule has 0 aromatic rings. The molecule has 2 aliphatic rings. The number of ether oxygens (including phenoxy) is 1. The molecule has 0 aromatic carbocycles. The zero-order chi connectivity index (χ0) is 14.6. The van der Waals surface area contributed by atoms with Crippen LogP contribution >= 0.6 is 0 Å². The van der Waals surface area contributed by atoms with E-state index in [1.807, 2.05) is 0 Å². The number of hydrogen-bond donors (Lipinski definition) is 1. The molecule has 1 aliphatic carbocycles. The summed E-state index contributed by atoms with van der Waals surface area (Å²) in [6.07, 6.45) is 5.55. The van der Waals surface area contributed by atoms with Gasteiger partial charge in [-0.1, -0.05) is 20.8 Å². The first-order valence-electron chi connectivity index (χ1n) is 8.60. The monoisotopic (exact) mass is 282 g/mol. The fourth-order valence-electron chi connectivity index (χ4n) is 4.03. The average molecular weight is 282 g/mol. The Bertz CT molecular complexity index is 293. The first kappa shape index (κ1) is 16.3. The van der Waals surface area contributed by atoms with Gasteiger partial charge >= 0.3 is 0 Å². The largest absolute Gasteiger partial charge is 0.377 e. The topological polar surface area (TPSA) is 24.5 Å². The van der Waals surface area contributed by atoms with Gasteiger partial charge in [-0.2, -0.15) is 0 Å². The first-order chi connectivity index (χ1) is 9.53. The molecule has 2 fully saturated rings. The molecule has 3 heteroatoms. The first-order valence-corrected chi connectivity index (χ1v) is 8.60. The van der Waals surface area contributed by atoms with Gasteiger partial charge in [0.15, 0.2) is 0 Å². The van der Waals surface area contributed by atoms with Crippen LogP contribution in [0.4, 0.5) is 0 Å². The van der Waals surface area contributed by atoms with Gasteiger partial charge in [-0.05, 0) is 50.5 Å². The van der Waals surface area contributed by atoms with Gasteiger partial charge in [-0.25, -0.2) is 0 Å². The summed E-state index contributed by atoms with van der Waals surface area (Å²) in [4.78, 5) is 2.64. The minimum atomic E-state index is 0.397. The summed E-state index contributed by atoms with van der Waals surface area (Å²) in [5.74, 6) is 0.807. The fraction of sp³-hybridized carbons (Fsp3) is 1.00. The molecule has 3 unspecified atom stereocenters. The molecule has 1 saturated carbocycles. The molecule has 0 aromatic heterocycles. The molecule has 118 valence electrons. The van der Waals surface area contributed by atoms with Crippen molar-refractivity contribution < 1.29 is 4.74 Å². The highest BCUT2D eigenvalue weighted by Gasteiger charge is 2.41. The summed E-state index contributed by atoms with van der Waals surface area (Å²) < 4.78 is 5.77. The molecule has 3 nitrogen and oxygen atoms in total. The maximum atomic E-state index is 5.77. The standard InChI is InChI=1S/C17H34N2O/c1-5-9-18-16-15(7-8-17(16,3)4)13-19-10-6-11-20-14(2)12-19/h14-16,18H,5-13H2,1-4H3. The Labute approximate surface area is 125 Å².